The zero-order chi connectivity index (χ0) is 19.7. The molecule has 0 N–H and O–H groups in total. The van der Waals surface area contributed by atoms with Crippen LogP contribution >= 0.6 is 0 Å². The van der Waals surface area contributed by atoms with E-state index in [0.717, 1.165) is 18.1 Å². The fourth-order valence-corrected chi connectivity index (χ4v) is 4.14. The Morgan fingerprint density at radius 2 is 2.04 bits per heavy atom. The van der Waals surface area contributed by atoms with Gasteiger partial charge in [-0.15, -0.1) is 0 Å². The quantitative estimate of drug-likeness (QED) is 0.812. The van der Waals surface area contributed by atoms with Crippen molar-refractivity contribution in [2.45, 2.75) is 19.4 Å². The number of hydrogen-bond donors (Lipinski definition) is 0. The molecule has 2 saturated heterocycles. The number of pyridine rings is 1. The Hall–Kier alpha value is -2.83. The maximum atomic E-state index is 13.9. The predicted molar refractivity (Wildman–Crippen MR) is 97.9 cm³/mol. The molecular formula is C21H21F2N3O2. The second-order valence-corrected chi connectivity index (χ2v) is 7.46. The average molecular weight is 385 g/mol. The van der Waals surface area contributed by atoms with E-state index in [4.69, 9.17) is 0 Å². The molecule has 0 saturated carbocycles. The molecule has 2 amide bonds. The molecule has 0 unspecified atom stereocenters. The van der Waals surface area contributed by atoms with Crippen molar-refractivity contribution in [3.63, 3.8) is 0 Å². The number of nitrogens with zero attached hydrogens (tertiary/aromatic N) is 3. The van der Waals surface area contributed by atoms with Crippen LogP contribution in [0.25, 0.3) is 0 Å². The van der Waals surface area contributed by atoms with E-state index >= 15 is 0 Å². The number of amides is 2. The van der Waals surface area contributed by atoms with Gasteiger partial charge in [0.2, 0.25) is 11.8 Å². The maximum absolute atomic E-state index is 13.9. The van der Waals surface area contributed by atoms with Crippen molar-refractivity contribution in [2.24, 2.45) is 11.8 Å². The van der Waals surface area contributed by atoms with E-state index in [1.807, 2.05) is 17.0 Å². The molecular weight excluding hydrogens is 364 g/mol. The van der Waals surface area contributed by atoms with E-state index in [9.17, 15) is 18.4 Å². The molecule has 3 heterocycles. The second kappa shape index (κ2) is 7.66. The van der Waals surface area contributed by atoms with Crippen LogP contribution in [-0.4, -0.2) is 46.2 Å². The van der Waals surface area contributed by atoms with Crippen LogP contribution in [0.15, 0.2) is 42.7 Å². The van der Waals surface area contributed by atoms with Crippen LogP contribution in [0.2, 0.25) is 0 Å². The molecule has 4 rings (SSSR count). The highest BCUT2D eigenvalue weighted by Gasteiger charge is 2.44. The third kappa shape index (κ3) is 3.61. The normalized spacial score (nSPS) is 21.7. The minimum atomic E-state index is -0.980. The zero-order valence-electron chi connectivity index (χ0n) is 15.4. The van der Waals surface area contributed by atoms with Crippen molar-refractivity contribution in [1.82, 2.24) is 14.8 Å². The van der Waals surface area contributed by atoms with Gasteiger partial charge in [-0.25, -0.2) is 8.78 Å². The molecule has 2 fully saturated rings. The van der Waals surface area contributed by atoms with Crippen LogP contribution < -0.4 is 0 Å². The van der Waals surface area contributed by atoms with Crippen LogP contribution in [0.1, 0.15) is 17.5 Å². The highest BCUT2D eigenvalue weighted by Crippen LogP contribution is 2.33. The van der Waals surface area contributed by atoms with E-state index < -0.39 is 11.6 Å². The lowest BCUT2D eigenvalue weighted by Crippen LogP contribution is -2.44. The van der Waals surface area contributed by atoms with Crippen molar-refractivity contribution in [3.05, 3.63) is 65.5 Å². The van der Waals surface area contributed by atoms with Gasteiger partial charge in [-0.1, -0.05) is 18.2 Å². The first-order chi connectivity index (χ1) is 13.5. The Morgan fingerprint density at radius 1 is 1.18 bits per heavy atom. The van der Waals surface area contributed by atoms with Crippen molar-refractivity contribution < 1.29 is 18.4 Å². The molecule has 146 valence electrons. The minimum Gasteiger partial charge on any atom is -0.341 e. The van der Waals surface area contributed by atoms with Gasteiger partial charge in [-0.05, 0) is 30.0 Å². The number of aromatic nitrogens is 1. The first-order valence-electron chi connectivity index (χ1n) is 9.41. The Labute approximate surface area is 162 Å². The highest BCUT2D eigenvalue weighted by molar-refractivity contribution is 5.84. The molecule has 2 aromatic rings. The molecule has 2 atom stereocenters. The third-order valence-electron chi connectivity index (χ3n) is 5.66. The Morgan fingerprint density at radius 3 is 2.82 bits per heavy atom. The molecule has 7 heteroatoms. The fourth-order valence-electron chi connectivity index (χ4n) is 4.14. The molecule has 2 aliphatic rings. The fraction of sp³-hybridized carbons (Fsp3) is 0.381. The number of piperidine rings is 1. The molecule has 0 aliphatic carbocycles. The summed E-state index contributed by atoms with van der Waals surface area (Å²) >= 11 is 0. The lowest BCUT2D eigenvalue weighted by molar-refractivity contribution is -0.140. The van der Waals surface area contributed by atoms with Gasteiger partial charge in [0.1, 0.15) is 0 Å². The number of hydrogen-bond acceptors (Lipinski definition) is 3. The molecule has 28 heavy (non-hydrogen) atoms. The molecule has 0 radical (unpaired) electrons. The third-order valence-corrected chi connectivity index (χ3v) is 5.66. The zero-order valence-corrected chi connectivity index (χ0v) is 15.4. The van der Waals surface area contributed by atoms with Gasteiger partial charge in [0.05, 0.1) is 12.3 Å². The summed E-state index contributed by atoms with van der Waals surface area (Å²) in [7, 11) is 0. The van der Waals surface area contributed by atoms with Gasteiger partial charge in [0.15, 0.2) is 11.6 Å². The monoisotopic (exact) mass is 385 g/mol. The average Bonchev–Trinajstić information content (AvgIpc) is 3.14. The van der Waals surface area contributed by atoms with Gasteiger partial charge in [-0.3, -0.25) is 14.6 Å². The predicted octanol–water partition coefficient (Wildman–Crippen LogP) is 2.41. The number of halogens is 2. The molecule has 2 aliphatic heterocycles. The lowest BCUT2D eigenvalue weighted by atomic mass is 9.88. The Bertz CT molecular complexity index is 890. The summed E-state index contributed by atoms with van der Waals surface area (Å²) in [6.45, 7) is 1.99. The van der Waals surface area contributed by atoms with Crippen molar-refractivity contribution in [3.8, 4) is 0 Å². The van der Waals surface area contributed by atoms with Crippen molar-refractivity contribution in [1.29, 1.82) is 0 Å². The van der Waals surface area contributed by atoms with E-state index in [-0.39, 0.29) is 35.6 Å². The topological polar surface area (TPSA) is 53.5 Å². The summed E-state index contributed by atoms with van der Waals surface area (Å²) < 4.78 is 27.2. The van der Waals surface area contributed by atoms with E-state index in [1.54, 1.807) is 17.3 Å². The van der Waals surface area contributed by atoms with Crippen LogP contribution in [0.4, 0.5) is 8.78 Å². The number of likely N-dealkylation sites (tertiary alicyclic amines) is 2. The highest BCUT2D eigenvalue weighted by atomic mass is 19.2. The molecule has 0 bridgehead atoms. The number of fused-ring (bicyclic) bond motifs is 1. The first-order valence-corrected chi connectivity index (χ1v) is 9.41. The number of carbonyl (C=O) groups excluding carboxylic acids is 2. The molecule has 5 nitrogen and oxygen atoms in total. The first kappa shape index (κ1) is 18.5. The van der Waals surface area contributed by atoms with Crippen molar-refractivity contribution >= 4 is 11.8 Å². The van der Waals surface area contributed by atoms with Crippen LogP contribution in [-0.2, 0) is 22.6 Å². The van der Waals surface area contributed by atoms with Crippen LogP contribution in [0.3, 0.4) is 0 Å². The number of benzene rings is 1. The smallest absolute Gasteiger partial charge is 0.228 e. The summed E-state index contributed by atoms with van der Waals surface area (Å²) in [5, 5.41) is 0. The summed E-state index contributed by atoms with van der Waals surface area (Å²) in [4.78, 5) is 33.0. The molecule has 1 aromatic heterocycles. The summed E-state index contributed by atoms with van der Waals surface area (Å²) in [5.41, 5.74) is 1.02. The Balaban J connectivity index is 1.40. The van der Waals surface area contributed by atoms with Gasteiger partial charge in [-0.2, -0.15) is 0 Å². The summed E-state index contributed by atoms with van der Waals surface area (Å²) in [6.07, 6.45) is 4.07. The van der Waals surface area contributed by atoms with Gasteiger partial charge >= 0.3 is 0 Å². The van der Waals surface area contributed by atoms with E-state index in [2.05, 4.69) is 4.98 Å². The maximum Gasteiger partial charge on any atom is 0.228 e. The Kier molecular flexibility index (Phi) is 5.07. The van der Waals surface area contributed by atoms with Gasteiger partial charge in [0, 0.05) is 44.1 Å². The van der Waals surface area contributed by atoms with Gasteiger partial charge in [0.25, 0.3) is 0 Å². The van der Waals surface area contributed by atoms with E-state index in [0.29, 0.717) is 26.2 Å². The summed E-state index contributed by atoms with van der Waals surface area (Å²) in [5.74, 6) is -2.27. The van der Waals surface area contributed by atoms with E-state index in [1.165, 1.54) is 12.1 Å². The van der Waals surface area contributed by atoms with Crippen LogP contribution in [0.5, 0.6) is 0 Å². The standard InChI is InChI=1S/C21H21F2N3O2/c22-18-5-1-4-15(20(18)23)9-19(27)26-12-16-6-8-25(21(28)17(16)13-26)11-14-3-2-7-24-10-14/h1-5,7,10,16-17H,6,8-9,11-13H2/t16-,17+/m1/s1. The SMILES string of the molecule is O=C(Cc1cccc(F)c1F)N1C[C@H]2CCN(Cc3cccnc3)C(=O)[C@H]2C1. The van der Waals surface area contributed by atoms with Crippen LogP contribution in [0, 0.1) is 23.5 Å². The molecule has 0 spiro atoms. The molecule has 1 aromatic carbocycles. The number of carbonyl (C=O) groups is 2. The largest absolute Gasteiger partial charge is 0.341 e. The summed E-state index contributed by atoms with van der Waals surface area (Å²) in [6, 6.07) is 7.62. The van der Waals surface area contributed by atoms with Crippen molar-refractivity contribution in [2.75, 3.05) is 19.6 Å². The minimum absolute atomic E-state index is 0.0457. The number of rotatable bonds is 4. The second-order valence-electron chi connectivity index (χ2n) is 7.46. The van der Waals surface area contributed by atoms with Gasteiger partial charge < -0.3 is 9.80 Å². The lowest BCUT2D eigenvalue weighted by Gasteiger charge is -2.33.